The Morgan fingerprint density at radius 1 is 1.04 bits per heavy atom. The molecule has 2 aromatic rings. The van der Waals surface area contributed by atoms with E-state index in [1.165, 1.54) is 11.8 Å². The highest BCUT2D eigenvalue weighted by Crippen LogP contribution is 2.33. The second-order valence-electron chi connectivity index (χ2n) is 6.53. The molecule has 144 valence electrons. The van der Waals surface area contributed by atoms with E-state index in [-0.39, 0.29) is 12.3 Å². The number of amides is 1. The molecule has 28 heavy (non-hydrogen) atoms. The number of thiocarbonyl (C=S) groups is 1. The highest BCUT2D eigenvalue weighted by molar-refractivity contribution is 8.26. The molecule has 0 spiro atoms. The van der Waals surface area contributed by atoms with Gasteiger partial charge in [0, 0.05) is 13.0 Å². The molecule has 0 atom stereocenters. The third-order valence-electron chi connectivity index (χ3n) is 4.44. The van der Waals surface area contributed by atoms with Crippen LogP contribution in [-0.4, -0.2) is 32.7 Å². The van der Waals surface area contributed by atoms with Crippen molar-refractivity contribution < 1.29 is 14.7 Å². The maximum absolute atomic E-state index is 12.7. The third-order valence-corrected chi connectivity index (χ3v) is 5.82. The molecule has 1 N–H and O–H groups in total. The van der Waals surface area contributed by atoms with Gasteiger partial charge < -0.3 is 5.11 Å². The number of carbonyl (C=O) groups excluding carboxylic acids is 1. The van der Waals surface area contributed by atoms with Gasteiger partial charge in [-0.1, -0.05) is 78.9 Å². The van der Waals surface area contributed by atoms with Crippen molar-refractivity contribution in [3.8, 4) is 11.1 Å². The van der Waals surface area contributed by atoms with Gasteiger partial charge in [0.15, 0.2) is 0 Å². The summed E-state index contributed by atoms with van der Waals surface area (Å²) < 4.78 is 0.564. The number of carboxylic acids is 1. The number of aliphatic carboxylic acids is 1. The first-order chi connectivity index (χ1) is 13.5. The summed E-state index contributed by atoms with van der Waals surface area (Å²) in [4.78, 5) is 25.5. The molecule has 3 rings (SSSR count). The Bertz CT molecular complexity index is 909. The van der Waals surface area contributed by atoms with Crippen LogP contribution < -0.4 is 0 Å². The highest BCUT2D eigenvalue weighted by atomic mass is 32.2. The quantitative estimate of drug-likeness (QED) is 0.368. The van der Waals surface area contributed by atoms with E-state index in [0.717, 1.165) is 29.5 Å². The van der Waals surface area contributed by atoms with Gasteiger partial charge in [-0.15, -0.1) is 0 Å². The first kappa shape index (κ1) is 20.3. The van der Waals surface area contributed by atoms with E-state index in [2.05, 4.69) is 24.3 Å². The fourth-order valence-electron chi connectivity index (χ4n) is 3.01. The van der Waals surface area contributed by atoms with Crippen LogP contribution in [0.4, 0.5) is 0 Å². The molecule has 2 aromatic carbocycles. The fourth-order valence-corrected chi connectivity index (χ4v) is 4.31. The summed E-state index contributed by atoms with van der Waals surface area (Å²) in [6.07, 6.45) is 4.18. The van der Waals surface area contributed by atoms with Gasteiger partial charge in [-0.3, -0.25) is 14.5 Å². The van der Waals surface area contributed by atoms with Gasteiger partial charge in [0.05, 0.1) is 4.91 Å². The van der Waals surface area contributed by atoms with E-state index in [1.807, 2.05) is 36.4 Å². The minimum Gasteiger partial charge on any atom is -0.481 e. The van der Waals surface area contributed by atoms with E-state index in [9.17, 15) is 9.59 Å². The molecule has 0 saturated carbocycles. The molecule has 1 fully saturated rings. The van der Waals surface area contributed by atoms with Crippen LogP contribution in [-0.2, 0) is 9.59 Å². The van der Waals surface area contributed by atoms with Gasteiger partial charge in [0.1, 0.15) is 4.32 Å². The zero-order chi connectivity index (χ0) is 19.9. The molecule has 0 unspecified atom stereocenters. The van der Waals surface area contributed by atoms with Crippen molar-refractivity contribution >= 4 is 46.3 Å². The van der Waals surface area contributed by atoms with Crippen molar-refractivity contribution in [2.45, 2.75) is 25.7 Å². The molecule has 0 aromatic heterocycles. The van der Waals surface area contributed by atoms with Crippen molar-refractivity contribution in [1.29, 1.82) is 0 Å². The lowest BCUT2D eigenvalue weighted by Gasteiger charge is -2.13. The van der Waals surface area contributed by atoms with Gasteiger partial charge in [0.25, 0.3) is 5.91 Å². The summed E-state index contributed by atoms with van der Waals surface area (Å²) in [6.45, 7) is 0.533. The van der Waals surface area contributed by atoms with Crippen molar-refractivity contribution in [2.24, 2.45) is 0 Å². The number of carboxylic acid groups (broad SMARTS) is 1. The highest BCUT2D eigenvalue weighted by Gasteiger charge is 2.31. The Hall–Kier alpha value is -2.44. The molecule has 1 aliphatic heterocycles. The molecule has 1 amide bonds. The Morgan fingerprint density at radius 3 is 2.54 bits per heavy atom. The van der Waals surface area contributed by atoms with Crippen LogP contribution in [0.3, 0.4) is 0 Å². The number of thioether (sulfide) groups is 1. The average Bonchev–Trinajstić information content (AvgIpc) is 2.95. The van der Waals surface area contributed by atoms with Crippen LogP contribution >= 0.6 is 24.0 Å². The SMILES string of the molecule is O=C(O)CCCCCN1C(=O)/C(=C/c2cccc(-c3ccccc3)c2)SC1=S. The Kier molecular flexibility index (Phi) is 7.01. The van der Waals surface area contributed by atoms with Crippen molar-refractivity contribution in [3.63, 3.8) is 0 Å². The monoisotopic (exact) mass is 411 g/mol. The van der Waals surface area contributed by atoms with Crippen LogP contribution in [0.2, 0.25) is 0 Å². The predicted molar refractivity (Wildman–Crippen MR) is 118 cm³/mol. The molecule has 0 aliphatic carbocycles. The van der Waals surface area contributed by atoms with Crippen LogP contribution in [0, 0.1) is 0 Å². The van der Waals surface area contributed by atoms with Crippen molar-refractivity contribution in [2.75, 3.05) is 6.54 Å². The maximum atomic E-state index is 12.7. The fraction of sp³-hybridized carbons (Fsp3) is 0.227. The summed E-state index contributed by atoms with van der Waals surface area (Å²) in [7, 11) is 0. The average molecular weight is 412 g/mol. The number of hydrogen-bond donors (Lipinski definition) is 1. The second kappa shape index (κ2) is 9.66. The predicted octanol–water partition coefficient (Wildman–Crippen LogP) is 5.20. The van der Waals surface area contributed by atoms with Crippen LogP contribution in [0.1, 0.15) is 31.2 Å². The molecule has 1 aliphatic rings. The molecular weight excluding hydrogens is 390 g/mol. The lowest BCUT2D eigenvalue weighted by Crippen LogP contribution is -2.29. The first-order valence-electron chi connectivity index (χ1n) is 9.17. The minimum absolute atomic E-state index is 0.0710. The maximum Gasteiger partial charge on any atom is 0.303 e. The topological polar surface area (TPSA) is 57.6 Å². The zero-order valence-electron chi connectivity index (χ0n) is 15.3. The van der Waals surface area contributed by atoms with Crippen LogP contribution in [0.25, 0.3) is 17.2 Å². The smallest absolute Gasteiger partial charge is 0.303 e. The Labute approximate surface area is 174 Å². The van der Waals surface area contributed by atoms with Crippen molar-refractivity contribution in [1.82, 2.24) is 4.90 Å². The molecule has 4 nitrogen and oxygen atoms in total. The molecule has 1 heterocycles. The number of hydrogen-bond acceptors (Lipinski definition) is 4. The first-order valence-corrected chi connectivity index (χ1v) is 10.4. The van der Waals surface area contributed by atoms with E-state index in [4.69, 9.17) is 17.3 Å². The Balaban J connectivity index is 1.66. The van der Waals surface area contributed by atoms with Gasteiger partial charge in [-0.25, -0.2) is 0 Å². The summed E-state index contributed by atoms with van der Waals surface area (Å²) in [5.74, 6) is -0.857. The van der Waals surface area contributed by atoms with Gasteiger partial charge in [0.2, 0.25) is 0 Å². The summed E-state index contributed by atoms with van der Waals surface area (Å²) >= 11 is 6.69. The number of rotatable bonds is 8. The summed E-state index contributed by atoms with van der Waals surface area (Å²) in [5, 5.41) is 8.68. The van der Waals surface area contributed by atoms with E-state index in [1.54, 1.807) is 4.90 Å². The zero-order valence-corrected chi connectivity index (χ0v) is 17.0. The number of benzene rings is 2. The van der Waals surface area contributed by atoms with E-state index >= 15 is 0 Å². The number of carbonyl (C=O) groups is 2. The second-order valence-corrected chi connectivity index (χ2v) is 8.21. The Morgan fingerprint density at radius 2 is 1.79 bits per heavy atom. The lowest BCUT2D eigenvalue weighted by atomic mass is 10.0. The molecule has 0 radical (unpaired) electrons. The molecular formula is C22H21NO3S2. The van der Waals surface area contributed by atoms with E-state index in [0.29, 0.717) is 22.2 Å². The normalized spacial score (nSPS) is 15.4. The summed E-state index contributed by atoms with van der Waals surface area (Å²) in [6, 6.07) is 18.2. The van der Waals surface area contributed by atoms with Crippen LogP contribution in [0.5, 0.6) is 0 Å². The van der Waals surface area contributed by atoms with Gasteiger partial charge in [-0.2, -0.15) is 0 Å². The summed E-state index contributed by atoms with van der Waals surface area (Å²) in [5.41, 5.74) is 3.19. The minimum atomic E-state index is -0.786. The molecule has 6 heteroatoms. The van der Waals surface area contributed by atoms with Crippen molar-refractivity contribution in [3.05, 3.63) is 65.1 Å². The van der Waals surface area contributed by atoms with Gasteiger partial charge >= 0.3 is 5.97 Å². The van der Waals surface area contributed by atoms with Gasteiger partial charge in [-0.05, 0) is 41.7 Å². The molecule has 1 saturated heterocycles. The standard InChI is InChI=1S/C22H21NO3S2/c24-20(25)12-5-2-6-13-23-21(26)19(28-22(23)27)15-16-8-7-11-18(14-16)17-9-3-1-4-10-17/h1,3-4,7-11,14-15H,2,5-6,12-13H2,(H,24,25)/b19-15-. The van der Waals surface area contributed by atoms with E-state index < -0.39 is 5.97 Å². The number of unbranched alkanes of at least 4 members (excludes halogenated alkanes) is 2. The third kappa shape index (κ3) is 5.30. The largest absolute Gasteiger partial charge is 0.481 e. The molecule has 0 bridgehead atoms. The van der Waals surface area contributed by atoms with Crippen LogP contribution in [0.15, 0.2) is 59.5 Å². The lowest BCUT2D eigenvalue weighted by molar-refractivity contribution is -0.137. The number of nitrogens with zero attached hydrogens (tertiary/aromatic N) is 1.